The lowest BCUT2D eigenvalue weighted by Gasteiger charge is -2.31. The Morgan fingerprint density at radius 3 is 2.58 bits per heavy atom. The maximum atomic E-state index is 13.3. The van der Waals surface area contributed by atoms with Gasteiger partial charge in [0.2, 0.25) is 11.6 Å². The van der Waals surface area contributed by atoms with Gasteiger partial charge >= 0.3 is 0 Å². The molecule has 0 N–H and O–H groups in total. The Morgan fingerprint density at radius 2 is 1.94 bits per heavy atom. The molecule has 3 aromatic rings. The summed E-state index contributed by atoms with van der Waals surface area (Å²) in [6.45, 7) is 12.9. The molecule has 1 fully saturated rings. The van der Waals surface area contributed by atoms with Gasteiger partial charge in [0, 0.05) is 50.4 Å². The van der Waals surface area contributed by atoms with Gasteiger partial charge in [-0.15, -0.1) is 0 Å². The van der Waals surface area contributed by atoms with E-state index in [2.05, 4.69) is 16.8 Å². The van der Waals surface area contributed by atoms with Crippen LogP contribution >= 0.6 is 0 Å². The molecule has 1 unspecified atom stereocenters. The minimum atomic E-state index is -3.84. The Balaban J connectivity index is 1.81. The van der Waals surface area contributed by atoms with Crippen molar-refractivity contribution in [3.8, 4) is 0 Å². The standard InChI is InChI=1S/C24H27N5O3S/c1-5-17-15-28(22(30)6-2)16-21(17)27(4)23-19-12-13-29(24(19)26-14-20(23)25-3)33(31,32)18-10-8-7-9-11-18/h7-14,17,21H,5-6,15-16H2,1-2,4H3/t17-,21?/m1/s1. The van der Waals surface area contributed by atoms with Crippen LogP contribution in [0.3, 0.4) is 0 Å². The van der Waals surface area contributed by atoms with Crippen LogP contribution in [0.2, 0.25) is 0 Å². The minimum Gasteiger partial charge on any atom is -0.378 e. The zero-order valence-electron chi connectivity index (χ0n) is 19.0. The molecule has 33 heavy (non-hydrogen) atoms. The predicted molar refractivity (Wildman–Crippen MR) is 128 cm³/mol. The Morgan fingerprint density at radius 1 is 1.21 bits per heavy atom. The van der Waals surface area contributed by atoms with Gasteiger partial charge in [-0.3, -0.25) is 4.79 Å². The summed E-state index contributed by atoms with van der Waals surface area (Å²) in [6.07, 6.45) is 4.28. The molecule has 1 aliphatic rings. The zero-order valence-corrected chi connectivity index (χ0v) is 19.8. The molecule has 4 rings (SSSR count). The van der Waals surface area contributed by atoms with E-state index in [4.69, 9.17) is 6.57 Å². The highest BCUT2D eigenvalue weighted by atomic mass is 32.2. The molecule has 2 aromatic heterocycles. The van der Waals surface area contributed by atoms with Crippen molar-refractivity contribution in [3.05, 3.63) is 60.2 Å². The summed E-state index contributed by atoms with van der Waals surface area (Å²) in [6, 6.07) is 9.93. The average molecular weight is 466 g/mol. The van der Waals surface area contributed by atoms with Crippen LogP contribution in [0.1, 0.15) is 26.7 Å². The number of carbonyl (C=O) groups is 1. The van der Waals surface area contributed by atoms with E-state index in [9.17, 15) is 13.2 Å². The minimum absolute atomic E-state index is 0.0191. The van der Waals surface area contributed by atoms with E-state index in [-0.39, 0.29) is 28.4 Å². The number of rotatable bonds is 6. The first-order chi connectivity index (χ1) is 15.8. The van der Waals surface area contributed by atoms with Gasteiger partial charge in [0.1, 0.15) is 0 Å². The molecule has 9 heteroatoms. The van der Waals surface area contributed by atoms with Gasteiger partial charge in [-0.2, -0.15) is 0 Å². The van der Waals surface area contributed by atoms with Crippen LogP contribution in [0.25, 0.3) is 15.9 Å². The zero-order chi connectivity index (χ0) is 23.8. The van der Waals surface area contributed by atoms with E-state index in [1.54, 1.807) is 36.4 Å². The van der Waals surface area contributed by atoms with E-state index < -0.39 is 10.0 Å². The molecule has 172 valence electrons. The monoisotopic (exact) mass is 465 g/mol. The van der Waals surface area contributed by atoms with Crippen LogP contribution in [-0.4, -0.2) is 54.4 Å². The first kappa shape index (κ1) is 22.8. The first-order valence-corrected chi connectivity index (χ1v) is 12.5. The maximum absolute atomic E-state index is 13.3. The summed E-state index contributed by atoms with van der Waals surface area (Å²) in [7, 11) is -1.92. The van der Waals surface area contributed by atoms with E-state index in [0.717, 1.165) is 6.42 Å². The van der Waals surface area contributed by atoms with Crippen LogP contribution in [0.15, 0.2) is 53.7 Å². The van der Waals surface area contributed by atoms with Gasteiger partial charge < -0.3 is 9.80 Å². The molecule has 1 amide bonds. The van der Waals surface area contributed by atoms with Crippen molar-refractivity contribution in [2.45, 2.75) is 37.6 Å². The number of fused-ring (bicyclic) bond motifs is 1. The molecule has 0 spiro atoms. The van der Waals surface area contributed by atoms with Crippen molar-refractivity contribution in [1.29, 1.82) is 0 Å². The van der Waals surface area contributed by atoms with E-state index >= 15 is 0 Å². The Hall–Kier alpha value is -3.38. The van der Waals surface area contributed by atoms with Crippen LogP contribution < -0.4 is 4.90 Å². The highest BCUT2D eigenvalue weighted by Gasteiger charge is 2.37. The largest absolute Gasteiger partial charge is 0.378 e. The number of anilines is 1. The molecule has 1 aromatic carbocycles. The number of pyridine rings is 1. The van der Waals surface area contributed by atoms with Gasteiger partial charge in [0.15, 0.2) is 5.65 Å². The molecular formula is C24H27N5O3S. The lowest BCUT2D eigenvalue weighted by Crippen LogP contribution is -2.39. The second-order valence-corrected chi connectivity index (χ2v) is 10.1. The molecule has 0 aliphatic carbocycles. The Bertz CT molecular complexity index is 1330. The number of aromatic nitrogens is 2. The van der Waals surface area contributed by atoms with Crippen LogP contribution in [0.5, 0.6) is 0 Å². The summed E-state index contributed by atoms with van der Waals surface area (Å²) in [5.74, 6) is 0.372. The first-order valence-electron chi connectivity index (χ1n) is 11.0. The van der Waals surface area contributed by atoms with E-state index in [1.165, 1.54) is 16.4 Å². The summed E-state index contributed by atoms with van der Waals surface area (Å²) in [5.41, 5.74) is 1.28. The molecule has 3 heterocycles. The van der Waals surface area contributed by atoms with Crippen molar-refractivity contribution in [3.63, 3.8) is 0 Å². The quantitative estimate of drug-likeness (QED) is 0.516. The molecule has 8 nitrogen and oxygen atoms in total. The topological polar surface area (TPSA) is 79.9 Å². The van der Waals surface area contributed by atoms with Gasteiger partial charge in [0.25, 0.3) is 10.0 Å². The van der Waals surface area contributed by atoms with Gasteiger partial charge in [-0.05, 0) is 30.5 Å². The molecule has 0 bridgehead atoms. The number of amides is 1. The number of likely N-dealkylation sites (N-methyl/N-ethyl adjacent to an activating group) is 1. The van der Waals surface area contributed by atoms with E-state index in [0.29, 0.717) is 36.3 Å². The number of benzene rings is 1. The third kappa shape index (κ3) is 3.85. The molecule has 1 saturated heterocycles. The Labute approximate surface area is 194 Å². The summed E-state index contributed by atoms with van der Waals surface area (Å²) < 4.78 is 27.7. The molecule has 2 atom stereocenters. The fraction of sp³-hybridized carbons (Fsp3) is 0.375. The molecule has 0 saturated carbocycles. The van der Waals surface area contributed by atoms with Crippen LogP contribution in [-0.2, 0) is 14.8 Å². The average Bonchev–Trinajstić information content (AvgIpc) is 3.48. The number of carbonyl (C=O) groups excluding carboxylic acids is 1. The summed E-state index contributed by atoms with van der Waals surface area (Å²) >= 11 is 0. The lowest BCUT2D eigenvalue weighted by molar-refractivity contribution is -0.129. The van der Waals surface area contributed by atoms with Crippen molar-refractivity contribution >= 4 is 38.3 Å². The normalized spacial score (nSPS) is 18.4. The highest BCUT2D eigenvalue weighted by molar-refractivity contribution is 7.90. The van der Waals surface area contributed by atoms with Crippen molar-refractivity contribution in [2.24, 2.45) is 5.92 Å². The molecular weight excluding hydrogens is 438 g/mol. The number of hydrogen-bond acceptors (Lipinski definition) is 5. The summed E-state index contributed by atoms with van der Waals surface area (Å²) in [4.78, 5) is 24.5. The van der Waals surface area contributed by atoms with Gasteiger partial charge in [0.05, 0.1) is 17.2 Å². The van der Waals surface area contributed by atoms with Crippen LogP contribution in [0, 0.1) is 12.5 Å². The number of hydrogen-bond donors (Lipinski definition) is 0. The molecule has 0 radical (unpaired) electrons. The van der Waals surface area contributed by atoms with Crippen LogP contribution in [0.4, 0.5) is 11.4 Å². The van der Waals surface area contributed by atoms with Crippen molar-refractivity contribution in [2.75, 3.05) is 25.0 Å². The second-order valence-electron chi connectivity index (χ2n) is 8.27. The van der Waals surface area contributed by atoms with Gasteiger partial charge in [-0.1, -0.05) is 32.0 Å². The highest BCUT2D eigenvalue weighted by Crippen LogP contribution is 2.39. The number of likely N-dealkylation sites (tertiary alicyclic amines) is 1. The summed E-state index contributed by atoms with van der Waals surface area (Å²) in [5, 5.41) is 0.598. The predicted octanol–water partition coefficient (Wildman–Crippen LogP) is 3.91. The lowest BCUT2D eigenvalue weighted by atomic mass is 9.99. The SMILES string of the molecule is [C-]#[N+]c1cnc2c(ccn2S(=O)(=O)c2ccccc2)c1N(C)C1CN(C(=O)CC)C[C@H]1CC. The maximum Gasteiger partial charge on any atom is 0.269 e. The van der Waals surface area contributed by atoms with Crippen molar-refractivity contribution < 1.29 is 13.2 Å². The fourth-order valence-electron chi connectivity index (χ4n) is 4.68. The van der Waals surface area contributed by atoms with Crippen molar-refractivity contribution in [1.82, 2.24) is 13.9 Å². The third-order valence-electron chi connectivity index (χ3n) is 6.49. The second kappa shape index (κ2) is 8.87. The fourth-order valence-corrected chi connectivity index (χ4v) is 6.00. The number of nitrogens with zero attached hydrogens (tertiary/aromatic N) is 5. The van der Waals surface area contributed by atoms with E-state index in [1.807, 2.05) is 23.8 Å². The smallest absolute Gasteiger partial charge is 0.269 e. The third-order valence-corrected chi connectivity index (χ3v) is 8.17. The molecule has 1 aliphatic heterocycles. The Kier molecular flexibility index (Phi) is 6.13. The van der Waals surface area contributed by atoms with Gasteiger partial charge in [-0.25, -0.2) is 22.2 Å².